The van der Waals surface area contributed by atoms with Gasteiger partial charge in [0.2, 0.25) is 0 Å². The number of benzene rings is 1. The zero-order chi connectivity index (χ0) is 17.8. The van der Waals surface area contributed by atoms with Crippen LogP contribution in [-0.4, -0.2) is 27.6 Å². The molecule has 4 unspecified atom stereocenters. The number of aromatic nitrogens is 1. The van der Waals surface area contributed by atoms with Gasteiger partial charge in [-0.2, -0.15) is 10.1 Å². The maximum Gasteiger partial charge on any atom is 0.254 e. The van der Waals surface area contributed by atoms with Gasteiger partial charge >= 0.3 is 0 Å². The first-order chi connectivity index (χ1) is 12.6. The number of allylic oxidation sites excluding steroid dienone is 2. The third-order valence-electron chi connectivity index (χ3n) is 5.91. The summed E-state index contributed by atoms with van der Waals surface area (Å²) in [6.45, 7) is 2.05. The van der Waals surface area contributed by atoms with Crippen molar-refractivity contribution in [3.05, 3.63) is 66.0 Å². The average Bonchev–Trinajstić information content (AvgIpc) is 3.39. The Bertz CT molecular complexity index is 941. The lowest BCUT2D eigenvalue weighted by Crippen LogP contribution is -2.28. The van der Waals surface area contributed by atoms with Crippen LogP contribution < -0.4 is 0 Å². The fraction of sp³-hybridized carbons (Fsp3) is 0.286. The second-order valence-corrected chi connectivity index (χ2v) is 7.32. The summed E-state index contributed by atoms with van der Waals surface area (Å²) in [6, 6.07) is 11.9. The number of para-hydroxylation sites is 1. The van der Waals surface area contributed by atoms with Crippen molar-refractivity contribution in [2.24, 2.45) is 28.8 Å². The lowest BCUT2D eigenvalue weighted by molar-refractivity contribution is -0.140. The maximum atomic E-state index is 12.7. The molecule has 1 saturated carbocycles. The Labute approximate surface area is 151 Å². The summed E-state index contributed by atoms with van der Waals surface area (Å²) < 4.78 is 2.01. The van der Waals surface area contributed by atoms with Gasteiger partial charge in [0.25, 0.3) is 11.8 Å². The highest BCUT2D eigenvalue weighted by atomic mass is 16.2. The van der Waals surface area contributed by atoms with Crippen molar-refractivity contribution in [3.63, 3.8) is 0 Å². The van der Waals surface area contributed by atoms with Crippen molar-refractivity contribution in [2.75, 3.05) is 0 Å². The number of hydrogen-bond donors (Lipinski definition) is 0. The molecule has 2 fully saturated rings. The van der Waals surface area contributed by atoms with Gasteiger partial charge in [-0.25, -0.2) is 0 Å². The number of hydrogen-bond acceptors (Lipinski definition) is 3. The van der Waals surface area contributed by atoms with Crippen LogP contribution in [0.2, 0.25) is 0 Å². The highest BCUT2D eigenvalue weighted by Gasteiger charge is 2.59. The molecule has 4 atom stereocenters. The molecule has 5 heteroatoms. The Balaban J connectivity index is 1.44. The normalized spacial score (nSPS) is 29.3. The highest BCUT2D eigenvalue weighted by molar-refractivity contribution is 6.06. The van der Waals surface area contributed by atoms with Gasteiger partial charge in [0, 0.05) is 11.9 Å². The predicted octanol–water partition coefficient (Wildman–Crippen LogP) is 2.93. The van der Waals surface area contributed by atoms with Crippen molar-refractivity contribution in [3.8, 4) is 5.69 Å². The van der Waals surface area contributed by atoms with Crippen molar-refractivity contribution in [2.45, 2.75) is 13.3 Å². The zero-order valence-electron chi connectivity index (χ0n) is 14.4. The lowest BCUT2D eigenvalue weighted by atomic mass is 9.85. The Morgan fingerprint density at radius 2 is 1.69 bits per heavy atom. The van der Waals surface area contributed by atoms with E-state index in [0.717, 1.165) is 28.4 Å². The monoisotopic (exact) mass is 345 g/mol. The van der Waals surface area contributed by atoms with Gasteiger partial charge < -0.3 is 4.57 Å². The molecule has 1 aromatic carbocycles. The zero-order valence-corrected chi connectivity index (χ0v) is 14.4. The minimum absolute atomic E-state index is 0.151. The Morgan fingerprint density at radius 1 is 1.00 bits per heavy atom. The smallest absolute Gasteiger partial charge is 0.254 e. The molecule has 2 aliphatic carbocycles. The van der Waals surface area contributed by atoms with Crippen LogP contribution >= 0.6 is 0 Å². The average molecular weight is 345 g/mol. The summed E-state index contributed by atoms with van der Waals surface area (Å²) in [5.74, 6) is -0.310. The van der Waals surface area contributed by atoms with Gasteiger partial charge in [-0.3, -0.25) is 9.59 Å². The van der Waals surface area contributed by atoms with Crippen LogP contribution in [-0.2, 0) is 9.59 Å². The summed E-state index contributed by atoms with van der Waals surface area (Å²) in [4.78, 5) is 25.4. The number of imide groups is 1. The summed E-state index contributed by atoms with van der Waals surface area (Å²) in [6.07, 6.45) is 8.68. The molecule has 5 rings (SSSR count). The van der Waals surface area contributed by atoms with Gasteiger partial charge in [0.05, 0.1) is 23.7 Å². The second-order valence-electron chi connectivity index (χ2n) is 7.32. The summed E-state index contributed by atoms with van der Waals surface area (Å²) >= 11 is 0. The lowest BCUT2D eigenvalue weighted by Gasteiger charge is -2.13. The molecule has 2 aromatic rings. The van der Waals surface area contributed by atoms with Crippen LogP contribution in [0.15, 0.2) is 59.8 Å². The number of amides is 2. The summed E-state index contributed by atoms with van der Waals surface area (Å²) in [5, 5.41) is 5.38. The SMILES string of the molecule is Cc1ccccc1-n1cccc1C=NN1C(=O)C2C3C=CC(C3)C2C1=O. The van der Waals surface area contributed by atoms with E-state index >= 15 is 0 Å². The third-order valence-corrected chi connectivity index (χ3v) is 5.91. The summed E-state index contributed by atoms with van der Waals surface area (Å²) in [7, 11) is 0. The molecule has 2 heterocycles. The van der Waals surface area contributed by atoms with E-state index in [9.17, 15) is 9.59 Å². The molecule has 1 saturated heterocycles. The topological polar surface area (TPSA) is 54.7 Å². The van der Waals surface area contributed by atoms with Crippen LogP contribution in [0.4, 0.5) is 0 Å². The van der Waals surface area contributed by atoms with E-state index in [2.05, 4.69) is 17.3 Å². The number of rotatable bonds is 3. The second kappa shape index (κ2) is 5.53. The van der Waals surface area contributed by atoms with Crippen molar-refractivity contribution >= 4 is 18.0 Å². The fourth-order valence-electron chi connectivity index (χ4n) is 4.67. The van der Waals surface area contributed by atoms with Gasteiger partial charge in [0.15, 0.2) is 0 Å². The van der Waals surface area contributed by atoms with Gasteiger partial charge in [-0.15, -0.1) is 0 Å². The Kier molecular flexibility index (Phi) is 3.26. The minimum Gasteiger partial charge on any atom is -0.315 e. The maximum absolute atomic E-state index is 12.7. The van der Waals surface area contributed by atoms with Crippen LogP contribution in [0.25, 0.3) is 5.69 Å². The van der Waals surface area contributed by atoms with Crippen LogP contribution in [0, 0.1) is 30.6 Å². The largest absolute Gasteiger partial charge is 0.315 e. The van der Waals surface area contributed by atoms with E-state index in [4.69, 9.17) is 0 Å². The van der Waals surface area contributed by atoms with E-state index < -0.39 is 0 Å². The number of fused-ring (bicyclic) bond motifs is 5. The highest BCUT2D eigenvalue weighted by Crippen LogP contribution is 2.52. The first-order valence-corrected chi connectivity index (χ1v) is 8.98. The number of carbonyl (C=O) groups excluding carboxylic acids is 2. The number of aryl methyl sites for hydroxylation is 1. The number of carbonyl (C=O) groups is 2. The molecule has 1 aromatic heterocycles. The van der Waals surface area contributed by atoms with Crippen LogP contribution in [0.5, 0.6) is 0 Å². The molecule has 130 valence electrons. The number of hydrazone groups is 1. The van der Waals surface area contributed by atoms with Crippen molar-refractivity contribution in [1.82, 2.24) is 9.58 Å². The summed E-state index contributed by atoms with van der Waals surface area (Å²) in [5.41, 5.74) is 3.03. The van der Waals surface area contributed by atoms with E-state index in [1.807, 2.05) is 54.1 Å². The quantitative estimate of drug-likeness (QED) is 0.488. The third kappa shape index (κ3) is 2.06. The molecule has 2 amide bonds. The Morgan fingerprint density at radius 3 is 2.38 bits per heavy atom. The molecule has 5 nitrogen and oxygen atoms in total. The molecule has 3 aliphatic rings. The Hall–Kier alpha value is -2.95. The first kappa shape index (κ1) is 15.3. The molecule has 26 heavy (non-hydrogen) atoms. The molecule has 0 radical (unpaired) electrons. The molecule has 1 aliphatic heterocycles. The standard InChI is InChI=1S/C21H19N3O2/c1-13-5-2-3-7-17(13)23-10-4-6-16(23)12-22-24-20(25)18-14-8-9-15(11-14)19(18)21(24)26/h2-10,12,14-15,18-19H,11H2,1H3. The fourth-order valence-corrected chi connectivity index (χ4v) is 4.67. The van der Waals surface area contributed by atoms with Crippen LogP contribution in [0.1, 0.15) is 17.7 Å². The van der Waals surface area contributed by atoms with Crippen molar-refractivity contribution < 1.29 is 9.59 Å². The van der Waals surface area contributed by atoms with E-state index in [-0.39, 0.29) is 35.5 Å². The van der Waals surface area contributed by atoms with Gasteiger partial charge in [-0.05, 0) is 48.9 Å². The molecule has 0 spiro atoms. The van der Waals surface area contributed by atoms with Crippen molar-refractivity contribution in [1.29, 1.82) is 0 Å². The van der Waals surface area contributed by atoms with E-state index in [0.29, 0.717) is 0 Å². The van der Waals surface area contributed by atoms with E-state index in [1.165, 1.54) is 0 Å². The molecular formula is C21H19N3O2. The van der Waals surface area contributed by atoms with Gasteiger partial charge in [0.1, 0.15) is 0 Å². The van der Waals surface area contributed by atoms with E-state index in [1.54, 1.807) is 6.21 Å². The van der Waals surface area contributed by atoms with Crippen LogP contribution in [0.3, 0.4) is 0 Å². The van der Waals surface area contributed by atoms with Gasteiger partial charge in [-0.1, -0.05) is 30.4 Å². The molecular weight excluding hydrogens is 326 g/mol. The predicted molar refractivity (Wildman–Crippen MR) is 97.7 cm³/mol. The molecule has 2 bridgehead atoms. The molecule has 0 N–H and O–H groups in total. The first-order valence-electron chi connectivity index (χ1n) is 8.98. The number of nitrogens with zero attached hydrogens (tertiary/aromatic N) is 3. The minimum atomic E-state index is -0.210.